The number of rotatable bonds is 3. The Bertz CT molecular complexity index is 421. The second kappa shape index (κ2) is 4.54. The smallest absolute Gasteiger partial charge is 0.138 e. The van der Waals surface area contributed by atoms with E-state index < -0.39 is 0 Å². The Kier molecular flexibility index (Phi) is 3.16. The first-order valence-electron chi connectivity index (χ1n) is 6.43. The standard InChI is InChI=1S/C13H20N2O2S/c1-9-12(10(2)17-14-9)5-15-7-13(8-15)4-11(16-3)6-18-13/h11H,4-8H2,1-3H3/t11-/m0/s1. The van der Waals surface area contributed by atoms with E-state index in [1.807, 2.05) is 21.0 Å². The summed E-state index contributed by atoms with van der Waals surface area (Å²) in [5.74, 6) is 2.11. The van der Waals surface area contributed by atoms with E-state index in [0.717, 1.165) is 23.8 Å². The summed E-state index contributed by atoms with van der Waals surface area (Å²) in [6.45, 7) is 7.33. The van der Waals surface area contributed by atoms with Crippen LogP contribution in [0, 0.1) is 13.8 Å². The van der Waals surface area contributed by atoms with Crippen molar-refractivity contribution in [2.24, 2.45) is 0 Å². The monoisotopic (exact) mass is 268 g/mol. The van der Waals surface area contributed by atoms with Crippen molar-refractivity contribution < 1.29 is 9.26 Å². The van der Waals surface area contributed by atoms with E-state index in [2.05, 4.69) is 21.8 Å². The number of ether oxygens (including phenoxy) is 1. The van der Waals surface area contributed by atoms with Gasteiger partial charge in [-0.25, -0.2) is 0 Å². The van der Waals surface area contributed by atoms with E-state index in [4.69, 9.17) is 9.26 Å². The molecule has 2 saturated heterocycles. The molecule has 0 unspecified atom stereocenters. The van der Waals surface area contributed by atoms with Gasteiger partial charge in [0.1, 0.15) is 5.76 Å². The van der Waals surface area contributed by atoms with E-state index in [1.165, 1.54) is 25.1 Å². The summed E-state index contributed by atoms with van der Waals surface area (Å²) in [6, 6.07) is 0. The maximum atomic E-state index is 5.46. The van der Waals surface area contributed by atoms with Crippen molar-refractivity contribution in [1.82, 2.24) is 10.1 Å². The zero-order valence-electron chi connectivity index (χ0n) is 11.2. The van der Waals surface area contributed by atoms with Crippen LogP contribution < -0.4 is 0 Å². The minimum Gasteiger partial charge on any atom is -0.381 e. The lowest BCUT2D eigenvalue weighted by Gasteiger charge is -2.47. The van der Waals surface area contributed by atoms with Crippen molar-refractivity contribution in [3.8, 4) is 0 Å². The zero-order chi connectivity index (χ0) is 12.8. The molecule has 100 valence electrons. The molecule has 2 aliphatic heterocycles. The van der Waals surface area contributed by atoms with Crippen LogP contribution in [-0.2, 0) is 11.3 Å². The minimum atomic E-state index is 0.455. The van der Waals surface area contributed by atoms with Gasteiger partial charge in [0.15, 0.2) is 0 Å². The van der Waals surface area contributed by atoms with Crippen LogP contribution in [0.4, 0.5) is 0 Å². The van der Waals surface area contributed by atoms with E-state index >= 15 is 0 Å². The van der Waals surface area contributed by atoms with E-state index in [1.54, 1.807) is 0 Å². The molecular formula is C13H20N2O2S. The third kappa shape index (κ3) is 2.08. The molecule has 1 atom stereocenters. The SMILES string of the molecule is CO[C@@H]1CSC2(C1)CN(Cc1c(C)noc1C)C2. The van der Waals surface area contributed by atoms with Gasteiger partial charge in [0.05, 0.1) is 11.8 Å². The number of aromatic nitrogens is 1. The molecule has 3 heterocycles. The van der Waals surface area contributed by atoms with Gasteiger partial charge in [-0.05, 0) is 20.3 Å². The number of hydrogen-bond acceptors (Lipinski definition) is 5. The molecule has 0 radical (unpaired) electrons. The summed E-state index contributed by atoms with van der Waals surface area (Å²) in [6.07, 6.45) is 1.66. The Morgan fingerprint density at radius 3 is 2.83 bits per heavy atom. The molecule has 2 fully saturated rings. The fraction of sp³-hybridized carbons (Fsp3) is 0.769. The third-order valence-electron chi connectivity index (χ3n) is 4.09. The van der Waals surface area contributed by atoms with Crippen molar-refractivity contribution in [2.75, 3.05) is 26.0 Å². The molecule has 0 aliphatic carbocycles. The summed E-state index contributed by atoms with van der Waals surface area (Å²) >= 11 is 2.08. The van der Waals surface area contributed by atoms with Crippen molar-refractivity contribution in [2.45, 2.75) is 37.7 Å². The molecule has 0 bridgehead atoms. The number of likely N-dealkylation sites (tertiary alicyclic amines) is 1. The molecule has 1 aromatic rings. The fourth-order valence-electron chi connectivity index (χ4n) is 3.01. The van der Waals surface area contributed by atoms with Crippen LogP contribution in [0.15, 0.2) is 4.52 Å². The molecule has 0 saturated carbocycles. The van der Waals surface area contributed by atoms with Gasteiger partial charge in [0.25, 0.3) is 0 Å². The van der Waals surface area contributed by atoms with Gasteiger partial charge in [0, 0.05) is 42.8 Å². The number of aryl methyl sites for hydroxylation is 2. The van der Waals surface area contributed by atoms with Gasteiger partial charge in [0.2, 0.25) is 0 Å². The van der Waals surface area contributed by atoms with Crippen LogP contribution in [0.1, 0.15) is 23.4 Å². The van der Waals surface area contributed by atoms with Crippen LogP contribution in [0.3, 0.4) is 0 Å². The molecule has 3 rings (SSSR count). The topological polar surface area (TPSA) is 38.5 Å². The van der Waals surface area contributed by atoms with Crippen LogP contribution in [-0.4, -0.2) is 46.9 Å². The van der Waals surface area contributed by atoms with Crippen LogP contribution >= 0.6 is 11.8 Å². The van der Waals surface area contributed by atoms with Crippen LogP contribution in [0.25, 0.3) is 0 Å². The van der Waals surface area contributed by atoms with Crippen LogP contribution in [0.5, 0.6) is 0 Å². The van der Waals surface area contributed by atoms with Crippen molar-refractivity contribution in [3.05, 3.63) is 17.0 Å². The molecule has 0 amide bonds. The fourth-order valence-corrected chi connectivity index (χ4v) is 4.65. The van der Waals surface area contributed by atoms with Gasteiger partial charge < -0.3 is 9.26 Å². The summed E-state index contributed by atoms with van der Waals surface area (Å²) in [7, 11) is 1.82. The van der Waals surface area contributed by atoms with Gasteiger partial charge >= 0.3 is 0 Å². The summed E-state index contributed by atoms with van der Waals surface area (Å²) in [5, 5.41) is 4.02. The first kappa shape index (κ1) is 12.5. The molecular weight excluding hydrogens is 248 g/mol. The maximum absolute atomic E-state index is 5.46. The largest absolute Gasteiger partial charge is 0.381 e. The maximum Gasteiger partial charge on any atom is 0.138 e. The Hall–Kier alpha value is -0.520. The van der Waals surface area contributed by atoms with E-state index in [0.29, 0.717) is 10.9 Å². The normalized spacial score (nSPS) is 26.7. The average molecular weight is 268 g/mol. The molecule has 2 aliphatic rings. The van der Waals surface area contributed by atoms with Gasteiger partial charge in [-0.3, -0.25) is 4.90 Å². The number of methoxy groups -OCH3 is 1. The molecule has 18 heavy (non-hydrogen) atoms. The highest BCUT2D eigenvalue weighted by atomic mass is 32.2. The minimum absolute atomic E-state index is 0.455. The summed E-state index contributed by atoms with van der Waals surface area (Å²) < 4.78 is 11.1. The first-order chi connectivity index (χ1) is 8.62. The molecule has 1 aromatic heterocycles. The summed E-state index contributed by atoms with van der Waals surface area (Å²) in [4.78, 5) is 2.48. The number of nitrogens with zero attached hydrogens (tertiary/aromatic N) is 2. The Balaban J connectivity index is 1.57. The highest BCUT2D eigenvalue weighted by Gasteiger charge is 2.49. The van der Waals surface area contributed by atoms with E-state index in [9.17, 15) is 0 Å². The Labute approximate surface area is 112 Å². The predicted molar refractivity (Wildman–Crippen MR) is 71.9 cm³/mol. The van der Waals surface area contributed by atoms with Gasteiger partial charge in [-0.2, -0.15) is 0 Å². The zero-order valence-corrected chi connectivity index (χ0v) is 12.0. The molecule has 4 nitrogen and oxygen atoms in total. The average Bonchev–Trinajstić information content (AvgIpc) is 2.87. The molecule has 1 spiro atoms. The molecule has 5 heteroatoms. The van der Waals surface area contributed by atoms with Gasteiger partial charge in [-0.1, -0.05) is 5.16 Å². The van der Waals surface area contributed by atoms with Crippen molar-refractivity contribution >= 4 is 11.8 Å². The quantitative estimate of drug-likeness (QED) is 0.838. The lowest BCUT2D eigenvalue weighted by atomic mass is 9.92. The number of thioether (sulfide) groups is 1. The lowest BCUT2D eigenvalue weighted by molar-refractivity contribution is 0.0628. The molecule has 0 N–H and O–H groups in total. The second-order valence-corrected chi connectivity index (χ2v) is 6.99. The van der Waals surface area contributed by atoms with Crippen molar-refractivity contribution in [3.63, 3.8) is 0 Å². The van der Waals surface area contributed by atoms with Crippen molar-refractivity contribution in [1.29, 1.82) is 0 Å². The Morgan fingerprint density at radius 1 is 1.50 bits per heavy atom. The lowest BCUT2D eigenvalue weighted by Crippen LogP contribution is -2.58. The van der Waals surface area contributed by atoms with Crippen LogP contribution in [0.2, 0.25) is 0 Å². The summed E-state index contributed by atoms with van der Waals surface area (Å²) in [5.41, 5.74) is 2.29. The highest BCUT2D eigenvalue weighted by molar-refractivity contribution is 8.01. The second-order valence-electron chi connectivity index (χ2n) is 5.50. The first-order valence-corrected chi connectivity index (χ1v) is 7.41. The van der Waals surface area contributed by atoms with E-state index in [-0.39, 0.29) is 0 Å². The number of hydrogen-bond donors (Lipinski definition) is 0. The third-order valence-corrected chi connectivity index (χ3v) is 5.67. The highest BCUT2D eigenvalue weighted by Crippen LogP contribution is 2.46. The Morgan fingerprint density at radius 2 is 2.28 bits per heavy atom. The predicted octanol–water partition coefficient (Wildman–Crippen LogP) is 2.00. The molecule has 0 aromatic carbocycles. The van der Waals surface area contributed by atoms with Gasteiger partial charge in [-0.15, -0.1) is 11.8 Å².